The average molecular weight is 278 g/mol. The van der Waals surface area contributed by atoms with E-state index in [9.17, 15) is 9.90 Å². The largest absolute Gasteiger partial charge is 0.389 e. The molecule has 3 N–H and O–H groups in total. The molecule has 0 aromatic heterocycles. The first kappa shape index (κ1) is 16.7. The second-order valence-corrected chi connectivity index (χ2v) is 5.66. The first-order valence-electron chi connectivity index (χ1n) is 7.17. The number of benzene rings is 1. The van der Waals surface area contributed by atoms with Crippen molar-refractivity contribution >= 4 is 11.6 Å². The second-order valence-electron chi connectivity index (χ2n) is 5.66. The van der Waals surface area contributed by atoms with Crippen molar-refractivity contribution in [3.05, 3.63) is 29.8 Å². The Balaban J connectivity index is 2.63. The van der Waals surface area contributed by atoms with E-state index in [4.69, 9.17) is 0 Å². The number of carbonyl (C=O) groups is 1. The van der Waals surface area contributed by atoms with Crippen molar-refractivity contribution < 1.29 is 9.90 Å². The Labute approximate surface area is 121 Å². The van der Waals surface area contributed by atoms with Crippen LogP contribution in [0.25, 0.3) is 0 Å². The Kier molecular flexibility index (Phi) is 6.17. The Bertz CT molecular complexity index is 444. The third-order valence-corrected chi connectivity index (χ3v) is 3.28. The molecular weight excluding hydrogens is 252 g/mol. The number of hydrogen-bond donors (Lipinski definition) is 3. The van der Waals surface area contributed by atoms with Gasteiger partial charge in [0.2, 0.25) is 5.91 Å². The Morgan fingerprint density at radius 3 is 2.75 bits per heavy atom. The van der Waals surface area contributed by atoms with Gasteiger partial charge in [-0.3, -0.25) is 4.79 Å². The van der Waals surface area contributed by atoms with Crippen LogP contribution < -0.4 is 10.6 Å². The van der Waals surface area contributed by atoms with Gasteiger partial charge in [0.05, 0.1) is 5.60 Å². The first-order chi connectivity index (χ1) is 9.34. The van der Waals surface area contributed by atoms with E-state index in [-0.39, 0.29) is 11.9 Å². The van der Waals surface area contributed by atoms with Gasteiger partial charge in [0.15, 0.2) is 0 Å². The van der Waals surface area contributed by atoms with Gasteiger partial charge in [0.1, 0.15) is 0 Å². The smallest absolute Gasteiger partial charge is 0.221 e. The number of carbonyl (C=O) groups excluding carboxylic acids is 1. The van der Waals surface area contributed by atoms with Gasteiger partial charge in [0, 0.05) is 25.2 Å². The lowest BCUT2D eigenvalue weighted by Crippen LogP contribution is -2.38. The third kappa shape index (κ3) is 5.72. The van der Waals surface area contributed by atoms with Gasteiger partial charge < -0.3 is 15.7 Å². The van der Waals surface area contributed by atoms with Gasteiger partial charge in [-0.15, -0.1) is 0 Å². The van der Waals surface area contributed by atoms with Gasteiger partial charge in [0.25, 0.3) is 0 Å². The molecule has 0 aliphatic rings. The monoisotopic (exact) mass is 278 g/mol. The van der Waals surface area contributed by atoms with E-state index >= 15 is 0 Å². The molecule has 0 aliphatic carbocycles. The molecule has 2 unspecified atom stereocenters. The summed E-state index contributed by atoms with van der Waals surface area (Å²) in [5.74, 6) is -0.0753. The van der Waals surface area contributed by atoms with Gasteiger partial charge in [-0.2, -0.15) is 0 Å². The fraction of sp³-hybridized carbons (Fsp3) is 0.562. The number of amides is 1. The summed E-state index contributed by atoms with van der Waals surface area (Å²) in [5, 5.41) is 16.3. The van der Waals surface area contributed by atoms with Crippen molar-refractivity contribution in [2.24, 2.45) is 0 Å². The summed E-state index contributed by atoms with van der Waals surface area (Å²) in [6.45, 7) is 8.01. The summed E-state index contributed by atoms with van der Waals surface area (Å²) in [4.78, 5) is 11.1. The molecule has 4 nitrogen and oxygen atoms in total. The highest BCUT2D eigenvalue weighted by Gasteiger charge is 2.19. The van der Waals surface area contributed by atoms with Crippen LogP contribution in [0, 0.1) is 0 Å². The molecule has 0 aliphatic heterocycles. The van der Waals surface area contributed by atoms with Crippen LogP contribution in [0.15, 0.2) is 24.3 Å². The van der Waals surface area contributed by atoms with Gasteiger partial charge >= 0.3 is 0 Å². The maximum absolute atomic E-state index is 11.1. The summed E-state index contributed by atoms with van der Waals surface area (Å²) < 4.78 is 0. The van der Waals surface area contributed by atoms with E-state index in [1.54, 1.807) is 0 Å². The summed E-state index contributed by atoms with van der Waals surface area (Å²) in [5.41, 5.74) is 1.20. The highest BCUT2D eigenvalue weighted by Crippen LogP contribution is 2.19. The Morgan fingerprint density at radius 1 is 1.45 bits per heavy atom. The molecule has 20 heavy (non-hydrogen) atoms. The van der Waals surface area contributed by atoms with E-state index in [1.807, 2.05) is 31.2 Å². The van der Waals surface area contributed by atoms with Crippen molar-refractivity contribution in [3.8, 4) is 0 Å². The summed E-state index contributed by atoms with van der Waals surface area (Å²) in [7, 11) is 0. The molecule has 1 amide bonds. The number of nitrogens with one attached hydrogen (secondary N) is 2. The van der Waals surface area contributed by atoms with Crippen LogP contribution in [0.5, 0.6) is 0 Å². The van der Waals surface area contributed by atoms with Crippen molar-refractivity contribution in [1.29, 1.82) is 0 Å². The zero-order chi connectivity index (χ0) is 15.2. The van der Waals surface area contributed by atoms with E-state index in [0.29, 0.717) is 6.54 Å². The SMILES string of the molecule is CCCC(C)(O)CNC(C)c1cccc(NC(C)=O)c1. The van der Waals surface area contributed by atoms with Crippen molar-refractivity contribution in [2.45, 2.75) is 52.2 Å². The first-order valence-corrected chi connectivity index (χ1v) is 7.17. The minimum absolute atomic E-state index is 0.0753. The minimum atomic E-state index is -0.682. The molecular formula is C16H26N2O2. The van der Waals surface area contributed by atoms with E-state index in [0.717, 1.165) is 24.1 Å². The predicted octanol–water partition coefficient (Wildman–Crippen LogP) is 2.85. The van der Waals surface area contributed by atoms with E-state index in [1.165, 1.54) is 6.92 Å². The molecule has 0 spiro atoms. The average Bonchev–Trinajstić information content (AvgIpc) is 2.35. The van der Waals surface area contributed by atoms with E-state index in [2.05, 4.69) is 24.5 Å². The molecule has 0 heterocycles. The fourth-order valence-corrected chi connectivity index (χ4v) is 2.21. The lowest BCUT2D eigenvalue weighted by atomic mass is 9.99. The molecule has 0 radical (unpaired) electrons. The Hall–Kier alpha value is -1.39. The summed E-state index contributed by atoms with van der Waals surface area (Å²) in [6.07, 6.45) is 1.74. The quantitative estimate of drug-likeness (QED) is 0.718. The van der Waals surface area contributed by atoms with Crippen molar-refractivity contribution in [1.82, 2.24) is 5.32 Å². The van der Waals surface area contributed by atoms with Crippen LogP contribution in [0.3, 0.4) is 0 Å². The molecule has 112 valence electrons. The standard InChI is InChI=1S/C16H26N2O2/c1-5-9-16(4,20)11-17-12(2)14-7-6-8-15(10-14)18-13(3)19/h6-8,10,12,17,20H,5,9,11H2,1-4H3,(H,18,19). The molecule has 0 saturated heterocycles. The molecule has 1 rings (SSSR count). The van der Waals surface area contributed by atoms with Crippen LogP contribution >= 0.6 is 0 Å². The maximum atomic E-state index is 11.1. The highest BCUT2D eigenvalue weighted by molar-refractivity contribution is 5.88. The molecule has 0 bridgehead atoms. The Morgan fingerprint density at radius 2 is 2.15 bits per heavy atom. The van der Waals surface area contributed by atoms with Crippen molar-refractivity contribution in [2.75, 3.05) is 11.9 Å². The zero-order valence-electron chi connectivity index (χ0n) is 12.9. The number of anilines is 1. The van der Waals surface area contributed by atoms with Gasteiger partial charge in [-0.05, 0) is 38.0 Å². The topological polar surface area (TPSA) is 61.4 Å². The van der Waals surface area contributed by atoms with Gasteiger partial charge in [-0.25, -0.2) is 0 Å². The molecule has 0 saturated carbocycles. The summed E-state index contributed by atoms with van der Waals surface area (Å²) in [6, 6.07) is 7.87. The fourth-order valence-electron chi connectivity index (χ4n) is 2.21. The lowest BCUT2D eigenvalue weighted by molar-refractivity contribution is -0.114. The van der Waals surface area contributed by atoms with Crippen LogP contribution in [0.4, 0.5) is 5.69 Å². The van der Waals surface area contributed by atoms with Crippen molar-refractivity contribution in [3.63, 3.8) is 0 Å². The third-order valence-electron chi connectivity index (χ3n) is 3.28. The van der Waals surface area contributed by atoms with Crippen LogP contribution in [0.1, 0.15) is 52.1 Å². The molecule has 0 fully saturated rings. The van der Waals surface area contributed by atoms with Crippen LogP contribution in [-0.4, -0.2) is 23.2 Å². The molecule has 2 atom stereocenters. The zero-order valence-corrected chi connectivity index (χ0v) is 12.9. The number of hydrogen-bond acceptors (Lipinski definition) is 3. The minimum Gasteiger partial charge on any atom is -0.389 e. The molecule has 4 heteroatoms. The lowest BCUT2D eigenvalue weighted by Gasteiger charge is -2.26. The predicted molar refractivity (Wildman–Crippen MR) is 82.7 cm³/mol. The molecule has 1 aromatic rings. The molecule has 1 aromatic carbocycles. The maximum Gasteiger partial charge on any atom is 0.221 e. The van der Waals surface area contributed by atoms with E-state index < -0.39 is 5.60 Å². The highest BCUT2D eigenvalue weighted by atomic mass is 16.3. The second kappa shape index (κ2) is 7.41. The van der Waals surface area contributed by atoms with Crippen LogP contribution in [-0.2, 0) is 4.79 Å². The number of aliphatic hydroxyl groups is 1. The number of rotatable bonds is 7. The van der Waals surface area contributed by atoms with Crippen LogP contribution in [0.2, 0.25) is 0 Å². The normalized spacial score (nSPS) is 15.4. The van der Waals surface area contributed by atoms with Gasteiger partial charge in [-0.1, -0.05) is 25.5 Å². The summed E-state index contributed by atoms with van der Waals surface area (Å²) >= 11 is 0.